The van der Waals surface area contributed by atoms with Gasteiger partial charge in [0.05, 0.1) is 5.52 Å². The fourth-order valence-electron chi connectivity index (χ4n) is 3.01. The van der Waals surface area contributed by atoms with Crippen LogP contribution in [0, 0.1) is 23.6 Å². The van der Waals surface area contributed by atoms with E-state index in [0.29, 0.717) is 23.2 Å². The molecule has 0 bridgehead atoms. The minimum Gasteiger partial charge on any atom is -0.308 e. The summed E-state index contributed by atoms with van der Waals surface area (Å²) in [5.74, 6) is 1.54. The van der Waals surface area contributed by atoms with Gasteiger partial charge in [0.2, 0.25) is 5.91 Å². The first kappa shape index (κ1) is 11.9. The van der Waals surface area contributed by atoms with E-state index in [0.717, 1.165) is 5.39 Å². The smallest absolute Gasteiger partial charge is 0.229 e. The second kappa shape index (κ2) is 4.30. The number of carbonyl (C=O) groups excluding carboxylic acids is 1. The molecule has 2 aromatic rings. The number of H-pyrrole nitrogens is 1. The molecular formula is C15H16FN3O. The standard InChI is InChI=1S/C15H16FN3O/c16-10-5-6-11-12(7-10)18-19-14(11)17-15(20)13(8-1-2-8)9-3-4-9/h5-9,13H,1-4H2,(H2,17,18,19,20). The van der Waals surface area contributed by atoms with Crippen molar-refractivity contribution in [2.45, 2.75) is 25.7 Å². The molecule has 0 saturated heterocycles. The van der Waals surface area contributed by atoms with E-state index in [4.69, 9.17) is 0 Å². The van der Waals surface area contributed by atoms with Crippen LogP contribution < -0.4 is 5.32 Å². The first-order chi connectivity index (χ1) is 9.72. The van der Waals surface area contributed by atoms with Gasteiger partial charge in [0, 0.05) is 11.3 Å². The number of benzene rings is 1. The van der Waals surface area contributed by atoms with Crippen molar-refractivity contribution in [3.05, 3.63) is 24.0 Å². The molecule has 2 fully saturated rings. The lowest BCUT2D eigenvalue weighted by molar-refractivity contribution is -0.121. The Morgan fingerprint density at radius 1 is 1.30 bits per heavy atom. The number of fused-ring (bicyclic) bond motifs is 1. The zero-order chi connectivity index (χ0) is 13.7. The van der Waals surface area contributed by atoms with Crippen molar-refractivity contribution < 1.29 is 9.18 Å². The Labute approximate surface area is 115 Å². The normalized spacial score (nSPS) is 18.7. The minimum atomic E-state index is -0.312. The molecular weight excluding hydrogens is 257 g/mol. The molecule has 2 saturated carbocycles. The summed E-state index contributed by atoms with van der Waals surface area (Å²) in [4.78, 5) is 12.4. The monoisotopic (exact) mass is 273 g/mol. The van der Waals surface area contributed by atoms with Gasteiger partial charge in [-0.2, -0.15) is 5.10 Å². The number of amides is 1. The van der Waals surface area contributed by atoms with Gasteiger partial charge in [-0.3, -0.25) is 9.89 Å². The van der Waals surface area contributed by atoms with Crippen LogP contribution in [0.15, 0.2) is 18.2 Å². The van der Waals surface area contributed by atoms with Crippen LogP contribution in [0.4, 0.5) is 10.2 Å². The highest BCUT2D eigenvalue weighted by Gasteiger charge is 2.45. The van der Waals surface area contributed by atoms with E-state index < -0.39 is 0 Å². The topological polar surface area (TPSA) is 57.8 Å². The van der Waals surface area contributed by atoms with E-state index in [-0.39, 0.29) is 17.6 Å². The van der Waals surface area contributed by atoms with Gasteiger partial charge >= 0.3 is 0 Å². The maximum Gasteiger partial charge on any atom is 0.229 e. The molecule has 0 unspecified atom stereocenters. The maximum atomic E-state index is 13.1. The van der Waals surface area contributed by atoms with E-state index in [9.17, 15) is 9.18 Å². The van der Waals surface area contributed by atoms with Gasteiger partial charge in [-0.25, -0.2) is 4.39 Å². The molecule has 2 aliphatic carbocycles. The lowest BCUT2D eigenvalue weighted by atomic mass is 9.97. The van der Waals surface area contributed by atoms with Crippen molar-refractivity contribution in [3.63, 3.8) is 0 Å². The van der Waals surface area contributed by atoms with Crippen LogP contribution in [0.2, 0.25) is 0 Å². The van der Waals surface area contributed by atoms with Gasteiger partial charge in [-0.15, -0.1) is 0 Å². The molecule has 1 aromatic carbocycles. The van der Waals surface area contributed by atoms with Crippen LogP contribution in [0.25, 0.3) is 10.9 Å². The number of nitrogens with one attached hydrogen (secondary N) is 2. The second-order valence-electron chi connectivity index (χ2n) is 5.95. The number of aromatic nitrogens is 2. The van der Waals surface area contributed by atoms with E-state index in [1.165, 1.54) is 37.8 Å². The highest BCUT2D eigenvalue weighted by Crippen LogP contribution is 2.49. The lowest BCUT2D eigenvalue weighted by Gasteiger charge is -2.14. The summed E-state index contributed by atoms with van der Waals surface area (Å²) in [7, 11) is 0. The van der Waals surface area contributed by atoms with Crippen LogP contribution in [-0.2, 0) is 4.79 Å². The van der Waals surface area contributed by atoms with E-state index in [1.54, 1.807) is 6.07 Å². The van der Waals surface area contributed by atoms with E-state index in [2.05, 4.69) is 15.5 Å². The molecule has 0 aliphatic heterocycles. The van der Waals surface area contributed by atoms with Crippen molar-refractivity contribution in [2.75, 3.05) is 5.32 Å². The van der Waals surface area contributed by atoms with Crippen molar-refractivity contribution in [2.24, 2.45) is 17.8 Å². The Balaban J connectivity index is 1.58. The molecule has 104 valence electrons. The van der Waals surface area contributed by atoms with E-state index >= 15 is 0 Å². The number of nitrogens with zero attached hydrogens (tertiary/aromatic N) is 1. The van der Waals surface area contributed by atoms with Gasteiger partial charge in [0.25, 0.3) is 0 Å². The van der Waals surface area contributed by atoms with Crippen LogP contribution in [0.5, 0.6) is 0 Å². The summed E-state index contributed by atoms with van der Waals surface area (Å²) in [6.45, 7) is 0. The Kier molecular flexibility index (Phi) is 2.55. The Hall–Kier alpha value is -1.91. The quantitative estimate of drug-likeness (QED) is 0.899. The van der Waals surface area contributed by atoms with Crippen LogP contribution in [0.1, 0.15) is 25.7 Å². The molecule has 1 aromatic heterocycles. The average Bonchev–Trinajstić information content (AvgIpc) is 3.32. The first-order valence-electron chi connectivity index (χ1n) is 7.17. The van der Waals surface area contributed by atoms with Crippen molar-refractivity contribution in [1.82, 2.24) is 10.2 Å². The number of hydrogen-bond acceptors (Lipinski definition) is 2. The fraction of sp³-hybridized carbons (Fsp3) is 0.467. The van der Waals surface area contributed by atoms with Crippen molar-refractivity contribution >= 4 is 22.6 Å². The van der Waals surface area contributed by atoms with Gasteiger partial charge in [-0.1, -0.05) is 0 Å². The predicted octanol–water partition coefficient (Wildman–Crippen LogP) is 3.08. The lowest BCUT2D eigenvalue weighted by Crippen LogP contribution is -2.26. The minimum absolute atomic E-state index is 0.0766. The summed E-state index contributed by atoms with van der Waals surface area (Å²) >= 11 is 0. The number of aromatic amines is 1. The third-order valence-electron chi connectivity index (χ3n) is 4.33. The van der Waals surface area contributed by atoms with Gasteiger partial charge in [0.15, 0.2) is 5.82 Å². The Morgan fingerprint density at radius 3 is 2.65 bits per heavy atom. The van der Waals surface area contributed by atoms with Gasteiger partial charge in [-0.05, 0) is 55.7 Å². The summed E-state index contributed by atoms with van der Waals surface area (Å²) in [5, 5.41) is 10.5. The largest absolute Gasteiger partial charge is 0.308 e. The number of carbonyl (C=O) groups is 1. The third kappa shape index (κ3) is 2.07. The molecule has 4 rings (SSSR count). The average molecular weight is 273 g/mol. The summed E-state index contributed by atoms with van der Waals surface area (Å²) < 4.78 is 13.1. The summed E-state index contributed by atoms with van der Waals surface area (Å²) in [6, 6.07) is 4.41. The zero-order valence-electron chi connectivity index (χ0n) is 11.0. The Morgan fingerprint density at radius 2 is 2.00 bits per heavy atom. The number of halogens is 1. The highest BCUT2D eigenvalue weighted by molar-refractivity contribution is 6.00. The third-order valence-corrected chi connectivity index (χ3v) is 4.33. The summed E-state index contributed by atoms with van der Waals surface area (Å²) in [5.41, 5.74) is 0.606. The number of rotatable bonds is 4. The highest BCUT2D eigenvalue weighted by atomic mass is 19.1. The molecule has 4 nitrogen and oxygen atoms in total. The molecule has 5 heteroatoms. The Bertz CT molecular complexity index is 661. The molecule has 0 spiro atoms. The van der Waals surface area contributed by atoms with Crippen molar-refractivity contribution in [3.8, 4) is 0 Å². The molecule has 1 amide bonds. The fourth-order valence-corrected chi connectivity index (χ4v) is 3.01. The molecule has 20 heavy (non-hydrogen) atoms. The predicted molar refractivity (Wildman–Crippen MR) is 73.6 cm³/mol. The maximum absolute atomic E-state index is 13.1. The SMILES string of the molecule is O=C(Nc1n[nH]c2cc(F)ccc12)C(C1CC1)C1CC1. The first-order valence-corrected chi connectivity index (χ1v) is 7.17. The molecule has 1 heterocycles. The number of anilines is 1. The molecule has 0 atom stereocenters. The zero-order valence-corrected chi connectivity index (χ0v) is 11.0. The summed E-state index contributed by atoms with van der Waals surface area (Å²) in [6.07, 6.45) is 4.67. The van der Waals surface area contributed by atoms with Crippen LogP contribution in [-0.4, -0.2) is 16.1 Å². The molecule has 2 N–H and O–H groups in total. The second-order valence-corrected chi connectivity index (χ2v) is 5.95. The molecule has 0 radical (unpaired) electrons. The number of hydrogen-bond donors (Lipinski definition) is 2. The van der Waals surface area contributed by atoms with Gasteiger partial charge < -0.3 is 5.32 Å². The van der Waals surface area contributed by atoms with Crippen LogP contribution in [0.3, 0.4) is 0 Å². The molecule has 2 aliphatic rings. The van der Waals surface area contributed by atoms with E-state index in [1.807, 2.05) is 0 Å². The van der Waals surface area contributed by atoms with Gasteiger partial charge in [0.1, 0.15) is 5.82 Å². The van der Waals surface area contributed by atoms with Crippen molar-refractivity contribution in [1.29, 1.82) is 0 Å². The van der Waals surface area contributed by atoms with Crippen LogP contribution >= 0.6 is 0 Å².